The largest absolute Gasteiger partial charge is 0.275 e. The summed E-state index contributed by atoms with van der Waals surface area (Å²) in [5.41, 5.74) is 4.21. The Hall–Kier alpha value is -1.03. The Labute approximate surface area is 110 Å². The van der Waals surface area contributed by atoms with Crippen LogP contribution < -0.4 is 5.30 Å². The van der Waals surface area contributed by atoms with Gasteiger partial charge in [-0.05, 0) is 34.3 Å². The molecule has 1 heterocycles. The Morgan fingerprint density at radius 3 is 2.56 bits per heavy atom. The molecule has 0 bridgehead atoms. The summed E-state index contributed by atoms with van der Waals surface area (Å²) in [5.74, 6) is 0. The van der Waals surface area contributed by atoms with Crippen LogP contribution in [0.15, 0.2) is 48.5 Å². The Morgan fingerprint density at radius 1 is 1.00 bits per heavy atom. The Morgan fingerprint density at radius 2 is 1.72 bits per heavy atom. The zero-order valence-electron chi connectivity index (χ0n) is 10.0. The van der Waals surface area contributed by atoms with E-state index in [1.807, 2.05) is 0 Å². The summed E-state index contributed by atoms with van der Waals surface area (Å²) in [6.07, 6.45) is 2.98. The second-order valence-corrected chi connectivity index (χ2v) is 7.48. The van der Waals surface area contributed by atoms with Gasteiger partial charge >= 0.3 is 0 Å². The maximum Gasteiger partial charge on any atom is 0.155 e. The van der Waals surface area contributed by atoms with Crippen molar-refractivity contribution >= 4 is 21.7 Å². The lowest BCUT2D eigenvalue weighted by Gasteiger charge is -2.27. The molecular formula is C15H14OP2. The summed E-state index contributed by atoms with van der Waals surface area (Å²) in [5, 5.41) is 1.48. The molecule has 0 radical (unpaired) electrons. The van der Waals surface area contributed by atoms with Gasteiger partial charge in [-0.25, -0.2) is 0 Å². The van der Waals surface area contributed by atoms with Gasteiger partial charge in [-0.3, -0.25) is 4.57 Å². The van der Waals surface area contributed by atoms with E-state index in [0.29, 0.717) is 0 Å². The molecule has 3 heteroatoms. The summed E-state index contributed by atoms with van der Waals surface area (Å²) in [6, 6.07) is 17.4. The number of fused-ring (bicyclic) bond motifs is 3. The van der Waals surface area contributed by atoms with Gasteiger partial charge in [-0.2, -0.15) is 0 Å². The Bertz CT molecular complexity index is 580. The first-order valence-corrected chi connectivity index (χ1v) is 8.82. The van der Waals surface area contributed by atoms with Crippen LogP contribution >= 0.6 is 16.4 Å². The van der Waals surface area contributed by atoms with Crippen molar-refractivity contribution in [3.05, 3.63) is 54.1 Å². The molecule has 0 N–H and O–H groups in total. The highest BCUT2D eigenvalue weighted by atomic mass is 31.1. The second kappa shape index (κ2) is 5.31. The van der Waals surface area contributed by atoms with Gasteiger partial charge in [0.25, 0.3) is 0 Å². The molecule has 18 heavy (non-hydrogen) atoms. The van der Waals surface area contributed by atoms with Crippen molar-refractivity contribution in [2.24, 2.45) is 0 Å². The molecule has 1 atom stereocenters. The minimum Gasteiger partial charge on any atom is -0.275 e. The van der Waals surface area contributed by atoms with Gasteiger partial charge in [0.15, 0.2) is 8.46 Å². The van der Waals surface area contributed by atoms with Crippen molar-refractivity contribution in [2.75, 3.05) is 12.3 Å². The summed E-state index contributed by atoms with van der Waals surface area (Å²) < 4.78 is 10.7. The first-order chi connectivity index (χ1) is 8.90. The number of benzene rings is 2. The van der Waals surface area contributed by atoms with Crippen molar-refractivity contribution in [1.29, 1.82) is 0 Å². The summed E-state index contributed by atoms with van der Waals surface area (Å²) in [6.45, 7) is 0. The summed E-state index contributed by atoms with van der Waals surface area (Å²) >= 11 is 0. The SMILES string of the molecule is O=PCC[P@]1Cc2ccccc2-c2ccccc21. The minimum atomic E-state index is -0.187. The monoisotopic (exact) mass is 272 g/mol. The molecule has 0 spiro atoms. The van der Waals surface area contributed by atoms with E-state index in [0.717, 1.165) is 18.5 Å². The molecule has 2 aromatic rings. The van der Waals surface area contributed by atoms with Crippen LogP contribution in [-0.2, 0) is 10.7 Å². The minimum absolute atomic E-state index is 0.187. The van der Waals surface area contributed by atoms with E-state index in [1.165, 1.54) is 22.0 Å². The van der Waals surface area contributed by atoms with Crippen molar-refractivity contribution in [2.45, 2.75) is 6.16 Å². The number of rotatable bonds is 3. The molecule has 90 valence electrons. The van der Waals surface area contributed by atoms with Gasteiger partial charge in [0.05, 0.1) is 0 Å². The summed E-state index contributed by atoms with van der Waals surface area (Å²) in [7, 11) is 0.0909. The smallest absolute Gasteiger partial charge is 0.155 e. The van der Waals surface area contributed by atoms with E-state index < -0.39 is 0 Å². The summed E-state index contributed by atoms with van der Waals surface area (Å²) in [4.78, 5) is 0. The molecular weight excluding hydrogens is 258 g/mol. The molecule has 0 amide bonds. The molecule has 0 saturated heterocycles. The van der Waals surface area contributed by atoms with Gasteiger partial charge in [0.2, 0.25) is 0 Å². The molecule has 0 unspecified atom stereocenters. The van der Waals surface area contributed by atoms with Crippen molar-refractivity contribution in [1.82, 2.24) is 0 Å². The molecule has 0 aromatic heterocycles. The number of hydrogen-bond acceptors (Lipinski definition) is 1. The van der Waals surface area contributed by atoms with E-state index >= 15 is 0 Å². The predicted molar refractivity (Wildman–Crippen MR) is 79.5 cm³/mol. The fourth-order valence-corrected chi connectivity index (χ4v) is 5.93. The van der Waals surface area contributed by atoms with Crippen molar-refractivity contribution in [3.8, 4) is 11.1 Å². The van der Waals surface area contributed by atoms with Crippen molar-refractivity contribution < 1.29 is 4.57 Å². The van der Waals surface area contributed by atoms with Crippen LogP contribution in [0.1, 0.15) is 5.56 Å². The van der Waals surface area contributed by atoms with Crippen LogP contribution in [0.3, 0.4) is 0 Å². The van der Waals surface area contributed by atoms with Crippen LogP contribution in [0.5, 0.6) is 0 Å². The molecule has 0 saturated carbocycles. The molecule has 2 aromatic carbocycles. The van der Waals surface area contributed by atoms with Crippen LogP contribution in [0.2, 0.25) is 0 Å². The van der Waals surface area contributed by atoms with Crippen LogP contribution in [0, 0.1) is 0 Å². The molecule has 0 aliphatic carbocycles. The third-order valence-electron chi connectivity index (χ3n) is 3.37. The topological polar surface area (TPSA) is 17.1 Å². The number of hydrogen-bond donors (Lipinski definition) is 0. The lowest BCUT2D eigenvalue weighted by Crippen LogP contribution is -2.14. The van der Waals surface area contributed by atoms with E-state index in [-0.39, 0.29) is 16.4 Å². The van der Waals surface area contributed by atoms with Crippen LogP contribution in [0.25, 0.3) is 11.1 Å². The lowest BCUT2D eigenvalue weighted by atomic mass is 10.0. The predicted octanol–water partition coefficient (Wildman–Crippen LogP) is 4.27. The Balaban J connectivity index is 2.08. The van der Waals surface area contributed by atoms with Crippen LogP contribution in [0.4, 0.5) is 0 Å². The quantitative estimate of drug-likeness (QED) is 0.763. The second-order valence-electron chi connectivity index (χ2n) is 4.45. The van der Waals surface area contributed by atoms with Gasteiger partial charge in [-0.1, -0.05) is 56.5 Å². The molecule has 1 aliphatic rings. The van der Waals surface area contributed by atoms with E-state index in [4.69, 9.17) is 0 Å². The molecule has 1 nitrogen and oxygen atoms in total. The highest BCUT2D eigenvalue weighted by Crippen LogP contribution is 2.47. The van der Waals surface area contributed by atoms with E-state index in [1.54, 1.807) is 0 Å². The Kier molecular flexibility index (Phi) is 3.55. The highest BCUT2D eigenvalue weighted by molar-refractivity contribution is 7.65. The first kappa shape index (κ1) is 12.0. The first-order valence-electron chi connectivity index (χ1n) is 6.11. The normalized spacial score (nSPS) is 17.2. The standard InChI is InChI=1S/C15H14OP2/c16-17-9-10-18-11-12-5-1-2-6-13(12)14-7-3-4-8-15(14)18/h1-8H,9-11H2/t18-/m1/s1. The third-order valence-corrected chi connectivity index (χ3v) is 6.69. The van der Waals surface area contributed by atoms with Crippen molar-refractivity contribution in [3.63, 3.8) is 0 Å². The zero-order valence-corrected chi connectivity index (χ0v) is 11.8. The third kappa shape index (κ3) is 2.14. The van der Waals surface area contributed by atoms with Gasteiger partial charge in [-0.15, -0.1) is 0 Å². The molecule has 0 fully saturated rings. The molecule has 1 aliphatic heterocycles. The van der Waals surface area contributed by atoms with E-state index in [9.17, 15) is 4.57 Å². The highest BCUT2D eigenvalue weighted by Gasteiger charge is 2.23. The van der Waals surface area contributed by atoms with E-state index in [2.05, 4.69) is 48.5 Å². The van der Waals surface area contributed by atoms with Gasteiger partial charge < -0.3 is 0 Å². The fourth-order valence-electron chi connectivity index (χ4n) is 2.55. The average Bonchev–Trinajstić information content (AvgIpc) is 2.45. The maximum atomic E-state index is 10.7. The average molecular weight is 272 g/mol. The zero-order chi connectivity index (χ0) is 12.4. The van der Waals surface area contributed by atoms with Gasteiger partial charge in [0, 0.05) is 6.16 Å². The molecule has 3 rings (SSSR count). The van der Waals surface area contributed by atoms with Gasteiger partial charge in [0.1, 0.15) is 0 Å². The lowest BCUT2D eigenvalue weighted by molar-refractivity contribution is 0.599. The fraction of sp³-hybridized carbons (Fsp3) is 0.200. The van der Waals surface area contributed by atoms with Crippen LogP contribution in [-0.4, -0.2) is 12.3 Å². The maximum absolute atomic E-state index is 10.7.